The molecule has 0 bridgehead atoms. The number of rotatable bonds is 4. The molecule has 1 aromatic carbocycles. The number of phenols is 1. The predicted molar refractivity (Wildman–Crippen MR) is 86.7 cm³/mol. The van der Waals surface area contributed by atoms with Crippen LogP contribution in [0.4, 0.5) is 0 Å². The number of ether oxygens (including phenoxy) is 1. The normalized spacial score (nSPS) is 10.6. The second kappa shape index (κ2) is 6.04. The van der Waals surface area contributed by atoms with Gasteiger partial charge in [-0.2, -0.15) is 9.78 Å². The molecule has 0 saturated heterocycles. The molecule has 7 heteroatoms. The number of benzene rings is 1. The Morgan fingerprint density at radius 2 is 1.96 bits per heavy atom. The van der Waals surface area contributed by atoms with E-state index in [0.29, 0.717) is 17.1 Å². The summed E-state index contributed by atoms with van der Waals surface area (Å²) < 4.78 is 6.46. The summed E-state index contributed by atoms with van der Waals surface area (Å²) in [4.78, 5) is 15.7. The predicted octanol–water partition coefficient (Wildman–Crippen LogP) is 2.66. The molecule has 24 heavy (non-hydrogen) atoms. The third-order valence-electron chi connectivity index (χ3n) is 3.61. The van der Waals surface area contributed by atoms with E-state index in [2.05, 4.69) is 10.1 Å². The van der Waals surface area contributed by atoms with Gasteiger partial charge in [0.05, 0.1) is 19.0 Å². The Morgan fingerprint density at radius 3 is 2.67 bits per heavy atom. The van der Waals surface area contributed by atoms with Gasteiger partial charge in [-0.15, -0.1) is 0 Å². The van der Waals surface area contributed by atoms with E-state index in [4.69, 9.17) is 9.84 Å². The van der Waals surface area contributed by atoms with Crippen LogP contribution in [0.2, 0.25) is 0 Å². The van der Waals surface area contributed by atoms with Gasteiger partial charge in [-0.05, 0) is 30.7 Å². The van der Waals surface area contributed by atoms with E-state index >= 15 is 0 Å². The topological polar surface area (TPSA) is 97.5 Å². The molecule has 122 valence electrons. The highest BCUT2D eigenvalue weighted by atomic mass is 16.5. The molecule has 2 heterocycles. The molecule has 0 saturated carbocycles. The second-order valence-corrected chi connectivity index (χ2v) is 5.14. The van der Waals surface area contributed by atoms with Crippen LogP contribution in [-0.4, -0.2) is 38.1 Å². The fraction of sp³-hybridized carbons (Fsp3) is 0.118. The Kier molecular flexibility index (Phi) is 3.91. The third-order valence-corrected chi connectivity index (χ3v) is 3.61. The van der Waals surface area contributed by atoms with Crippen molar-refractivity contribution >= 4 is 5.97 Å². The number of pyridine rings is 1. The van der Waals surface area contributed by atoms with Gasteiger partial charge < -0.3 is 14.9 Å². The summed E-state index contributed by atoms with van der Waals surface area (Å²) >= 11 is 0. The summed E-state index contributed by atoms with van der Waals surface area (Å²) in [7, 11) is 1.37. The van der Waals surface area contributed by atoms with Crippen LogP contribution in [0.15, 0.2) is 42.6 Å². The fourth-order valence-corrected chi connectivity index (χ4v) is 2.40. The molecule has 7 nitrogen and oxygen atoms in total. The summed E-state index contributed by atoms with van der Waals surface area (Å²) in [6.45, 7) is 1.80. The van der Waals surface area contributed by atoms with Crippen molar-refractivity contribution in [3.8, 4) is 28.7 Å². The first kappa shape index (κ1) is 15.5. The summed E-state index contributed by atoms with van der Waals surface area (Å²) in [6, 6.07) is 10.6. The Hall–Kier alpha value is -3.35. The monoisotopic (exact) mass is 325 g/mol. The maximum Gasteiger partial charge on any atom is 0.342 e. The SMILES string of the molecule is COc1c(C(=O)O)cnn1-c1cccc(-c2cccc(C)c2O)n1. The van der Waals surface area contributed by atoms with Gasteiger partial charge in [-0.1, -0.05) is 18.2 Å². The minimum Gasteiger partial charge on any atom is -0.507 e. The first-order valence-corrected chi connectivity index (χ1v) is 7.14. The lowest BCUT2D eigenvalue weighted by atomic mass is 10.1. The van der Waals surface area contributed by atoms with Crippen molar-refractivity contribution in [1.82, 2.24) is 14.8 Å². The number of carboxylic acids is 1. The van der Waals surface area contributed by atoms with Crippen molar-refractivity contribution in [2.24, 2.45) is 0 Å². The van der Waals surface area contributed by atoms with Crippen LogP contribution in [0.1, 0.15) is 15.9 Å². The number of carboxylic acid groups (broad SMARTS) is 1. The van der Waals surface area contributed by atoms with Crippen LogP contribution < -0.4 is 4.74 Å². The number of aryl methyl sites for hydroxylation is 1. The van der Waals surface area contributed by atoms with Crippen molar-refractivity contribution in [3.63, 3.8) is 0 Å². The Balaban J connectivity index is 2.12. The maximum atomic E-state index is 11.2. The Labute approximate surface area is 137 Å². The highest BCUT2D eigenvalue weighted by Gasteiger charge is 2.19. The third kappa shape index (κ3) is 2.56. The van der Waals surface area contributed by atoms with Crippen LogP contribution >= 0.6 is 0 Å². The van der Waals surface area contributed by atoms with Crippen LogP contribution in [0.25, 0.3) is 17.1 Å². The number of nitrogens with zero attached hydrogens (tertiary/aromatic N) is 3. The quantitative estimate of drug-likeness (QED) is 0.765. The molecule has 3 rings (SSSR count). The average molecular weight is 325 g/mol. The number of aromatic hydroxyl groups is 1. The van der Waals surface area contributed by atoms with Gasteiger partial charge in [0.15, 0.2) is 5.82 Å². The molecule has 0 amide bonds. The number of hydrogen-bond acceptors (Lipinski definition) is 5. The number of methoxy groups -OCH3 is 1. The Bertz CT molecular complexity index is 918. The summed E-state index contributed by atoms with van der Waals surface area (Å²) in [5.41, 5.74) is 1.82. The average Bonchev–Trinajstić information content (AvgIpc) is 3.01. The molecular formula is C17H15N3O4. The minimum absolute atomic E-state index is 0.0527. The molecule has 0 unspecified atom stereocenters. The van der Waals surface area contributed by atoms with E-state index in [0.717, 1.165) is 5.56 Å². The van der Waals surface area contributed by atoms with Gasteiger partial charge in [-0.25, -0.2) is 9.78 Å². The van der Waals surface area contributed by atoms with Gasteiger partial charge in [0.2, 0.25) is 5.88 Å². The van der Waals surface area contributed by atoms with Crippen molar-refractivity contribution in [1.29, 1.82) is 0 Å². The van der Waals surface area contributed by atoms with E-state index in [1.165, 1.54) is 18.0 Å². The lowest BCUT2D eigenvalue weighted by Gasteiger charge is -2.10. The molecule has 0 fully saturated rings. The minimum atomic E-state index is -1.13. The van der Waals surface area contributed by atoms with Crippen LogP contribution in [0, 0.1) is 6.92 Å². The zero-order valence-corrected chi connectivity index (χ0v) is 13.1. The van der Waals surface area contributed by atoms with Gasteiger partial charge in [0.1, 0.15) is 11.3 Å². The zero-order chi connectivity index (χ0) is 17.3. The lowest BCUT2D eigenvalue weighted by Crippen LogP contribution is -2.05. The standard InChI is InChI=1S/C17H15N3O4/c1-10-5-3-6-11(15(10)21)13-7-4-8-14(19-13)20-16(24-2)12(9-18-20)17(22)23/h3-9,21H,1-2H3,(H,22,23). The molecule has 0 spiro atoms. The van der Waals surface area contributed by atoms with Gasteiger partial charge in [-0.3, -0.25) is 0 Å². The summed E-state index contributed by atoms with van der Waals surface area (Å²) in [5.74, 6) is -0.509. The number of carbonyl (C=O) groups is 1. The van der Waals surface area contributed by atoms with Crippen molar-refractivity contribution < 1.29 is 19.7 Å². The number of para-hydroxylation sites is 1. The van der Waals surface area contributed by atoms with E-state index in [9.17, 15) is 9.90 Å². The van der Waals surface area contributed by atoms with Gasteiger partial charge >= 0.3 is 5.97 Å². The second-order valence-electron chi connectivity index (χ2n) is 5.14. The summed E-state index contributed by atoms with van der Waals surface area (Å²) in [6.07, 6.45) is 1.21. The van der Waals surface area contributed by atoms with Crippen molar-refractivity contribution in [2.45, 2.75) is 6.92 Å². The maximum absolute atomic E-state index is 11.2. The molecule has 0 aliphatic carbocycles. The van der Waals surface area contributed by atoms with Gasteiger partial charge in [0, 0.05) is 5.56 Å². The lowest BCUT2D eigenvalue weighted by molar-refractivity contribution is 0.0693. The molecule has 0 radical (unpaired) electrons. The van der Waals surface area contributed by atoms with E-state index in [1.54, 1.807) is 37.3 Å². The number of aromatic nitrogens is 3. The van der Waals surface area contributed by atoms with E-state index < -0.39 is 5.97 Å². The van der Waals surface area contributed by atoms with E-state index in [1.807, 2.05) is 6.07 Å². The van der Waals surface area contributed by atoms with Gasteiger partial charge in [0.25, 0.3) is 0 Å². The first-order valence-electron chi connectivity index (χ1n) is 7.14. The van der Waals surface area contributed by atoms with Crippen LogP contribution in [-0.2, 0) is 0 Å². The highest BCUT2D eigenvalue weighted by molar-refractivity contribution is 5.90. The van der Waals surface area contributed by atoms with E-state index in [-0.39, 0.29) is 17.2 Å². The molecule has 3 aromatic rings. The molecule has 2 aromatic heterocycles. The zero-order valence-electron chi connectivity index (χ0n) is 13.1. The molecule has 0 aliphatic rings. The fourth-order valence-electron chi connectivity index (χ4n) is 2.40. The largest absolute Gasteiger partial charge is 0.507 e. The van der Waals surface area contributed by atoms with Crippen LogP contribution in [0.3, 0.4) is 0 Å². The van der Waals surface area contributed by atoms with Crippen molar-refractivity contribution in [2.75, 3.05) is 7.11 Å². The molecule has 0 atom stereocenters. The van der Waals surface area contributed by atoms with Crippen molar-refractivity contribution in [3.05, 3.63) is 53.7 Å². The van der Waals surface area contributed by atoms with Crippen LogP contribution in [0.5, 0.6) is 11.6 Å². The highest BCUT2D eigenvalue weighted by Crippen LogP contribution is 2.31. The summed E-state index contributed by atoms with van der Waals surface area (Å²) in [5, 5.41) is 23.4. The number of aromatic carboxylic acids is 1. The smallest absolute Gasteiger partial charge is 0.342 e. The molecular weight excluding hydrogens is 310 g/mol. The number of hydrogen-bond donors (Lipinski definition) is 2. The Morgan fingerprint density at radius 1 is 1.21 bits per heavy atom. The first-order chi connectivity index (χ1) is 11.5. The molecule has 2 N–H and O–H groups in total. The number of phenolic OH excluding ortho intramolecular Hbond substituents is 1. The molecule has 0 aliphatic heterocycles.